The summed E-state index contributed by atoms with van der Waals surface area (Å²) in [5, 5.41) is 21.2. The average Bonchev–Trinajstić information content (AvgIpc) is 3.41. The van der Waals surface area contributed by atoms with E-state index in [2.05, 4.69) is 75.9 Å². The van der Waals surface area contributed by atoms with Crippen molar-refractivity contribution < 1.29 is 38.7 Å². The lowest BCUT2D eigenvalue weighted by atomic mass is 9.89. The minimum absolute atomic E-state index is 0.0709. The van der Waals surface area contributed by atoms with Crippen molar-refractivity contribution in [2.24, 2.45) is 0 Å². The molecule has 3 heterocycles. The lowest BCUT2D eigenvalue weighted by Gasteiger charge is -2.29. The number of carbonyl (C=O) groups excluding carboxylic acids is 2. The molecule has 4 atom stereocenters. The summed E-state index contributed by atoms with van der Waals surface area (Å²) < 4.78 is 23.6. The number of aliphatic hydroxyl groups excluding tert-OH is 1. The van der Waals surface area contributed by atoms with Crippen molar-refractivity contribution in [3.8, 4) is 23.3 Å². The fourth-order valence-corrected chi connectivity index (χ4v) is 9.24. The molecule has 372 valence electrons. The van der Waals surface area contributed by atoms with Gasteiger partial charge in [-0.15, -0.1) is 0 Å². The van der Waals surface area contributed by atoms with Crippen molar-refractivity contribution in [1.82, 2.24) is 15.3 Å². The van der Waals surface area contributed by atoms with Crippen LogP contribution in [0.5, 0.6) is 23.3 Å². The number of aromatic nitrogens is 2. The third kappa shape index (κ3) is 15.1. The molecule has 3 aliphatic carbocycles. The van der Waals surface area contributed by atoms with Crippen LogP contribution < -0.4 is 19.5 Å². The zero-order valence-electron chi connectivity index (χ0n) is 41.3. The molecule has 4 aliphatic rings. The molecule has 11 nitrogen and oxygen atoms in total. The predicted molar refractivity (Wildman–Crippen MR) is 278 cm³/mol. The number of nitrogens with one attached hydrogen (secondary N) is 1. The third-order valence-corrected chi connectivity index (χ3v) is 13.1. The first-order chi connectivity index (χ1) is 35.1. The van der Waals surface area contributed by atoms with Crippen LogP contribution in [0.4, 0.5) is 0 Å². The van der Waals surface area contributed by atoms with Gasteiger partial charge in [-0.1, -0.05) is 133 Å². The monoisotopic (exact) mass is 967 g/mol. The molecular formula is C61H65N3O8. The minimum Gasteiger partial charge on any atom is -0.503 e. The highest BCUT2D eigenvalue weighted by molar-refractivity contribution is 5.99. The summed E-state index contributed by atoms with van der Waals surface area (Å²) in [6.07, 6.45) is 9.15. The number of aryl methyl sites for hydroxylation is 5. The third-order valence-electron chi connectivity index (χ3n) is 13.1. The fraction of sp³-hybridized carbons (Fsp3) is 0.311. The molecule has 1 fully saturated rings. The fourth-order valence-electron chi connectivity index (χ4n) is 9.24. The van der Waals surface area contributed by atoms with Crippen molar-refractivity contribution in [1.29, 1.82) is 0 Å². The summed E-state index contributed by atoms with van der Waals surface area (Å²) in [5.74, 6) is 1.18. The highest BCUT2D eigenvalue weighted by atomic mass is 16.5. The molecule has 2 amide bonds. The maximum atomic E-state index is 11.7. The maximum Gasteiger partial charge on any atom is 0.257 e. The van der Waals surface area contributed by atoms with E-state index in [9.17, 15) is 19.8 Å². The summed E-state index contributed by atoms with van der Waals surface area (Å²) in [6, 6.07) is 52.5. The number of carbonyl (C=O) groups is 2. The number of nitrogens with zero attached hydrogens (tertiary/aromatic N) is 2. The topological polar surface area (TPSA) is 149 Å². The van der Waals surface area contributed by atoms with Crippen LogP contribution >= 0.6 is 0 Å². The van der Waals surface area contributed by atoms with Gasteiger partial charge >= 0.3 is 0 Å². The van der Waals surface area contributed by atoms with Gasteiger partial charge in [-0.3, -0.25) is 14.9 Å². The zero-order chi connectivity index (χ0) is 50.1. The molecule has 0 spiro atoms. The molecule has 1 saturated heterocycles. The second-order valence-corrected chi connectivity index (χ2v) is 18.7. The quantitative estimate of drug-likeness (QED) is 0.113. The van der Waals surface area contributed by atoms with E-state index in [4.69, 9.17) is 18.9 Å². The van der Waals surface area contributed by atoms with E-state index in [0.29, 0.717) is 31.9 Å². The number of imide groups is 1. The van der Waals surface area contributed by atoms with Gasteiger partial charge in [-0.2, -0.15) is 0 Å². The molecule has 2 aromatic heterocycles. The van der Waals surface area contributed by atoms with Gasteiger partial charge in [-0.25, -0.2) is 9.97 Å². The van der Waals surface area contributed by atoms with Crippen LogP contribution in [-0.4, -0.2) is 56.4 Å². The van der Waals surface area contributed by atoms with Crippen molar-refractivity contribution in [3.63, 3.8) is 0 Å². The lowest BCUT2D eigenvalue weighted by Crippen LogP contribution is -2.46. The van der Waals surface area contributed by atoms with Crippen molar-refractivity contribution in [2.45, 2.75) is 122 Å². The molecule has 0 saturated carbocycles. The molecular weight excluding hydrogens is 903 g/mol. The molecule has 11 rings (SSSR count). The van der Waals surface area contributed by atoms with E-state index >= 15 is 0 Å². The number of hydrogen-bond acceptors (Lipinski definition) is 10. The minimum atomic E-state index is -0.465. The van der Waals surface area contributed by atoms with Gasteiger partial charge in [0, 0.05) is 24.2 Å². The summed E-state index contributed by atoms with van der Waals surface area (Å²) in [7, 11) is 0. The van der Waals surface area contributed by atoms with Crippen LogP contribution in [0.1, 0.15) is 88.0 Å². The van der Waals surface area contributed by atoms with E-state index < -0.39 is 6.10 Å². The largest absolute Gasteiger partial charge is 0.503 e. The Morgan fingerprint density at radius 2 is 0.986 bits per heavy atom. The lowest BCUT2D eigenvalue weighted by molar-refractivity contribution is -0.147. The molecule has 4 unspecified atom stereocenters. The van der Waals surface area contributed by atoms with Crippen molar-refractivity contribution >= 4 is 11.8 Å². The maximum absolute atomic E-state index is 11.7. The van der Waals surface area contributed by atoms with Crippen LogP contribution in [-0.2, 0) is 66.1 Å². The van der Waals surface area contributed by atoms with Crippen LogP contribution in [0.2, 0.25) is 0 Å². The van der Waals surface area contributed by atoms with Crippen LogP contribution in [0.3, 0.4) is 0 Å². The van der Waals surface area contributed by atoms with E-state index in [1.807, 2.05) is 98.8 Å². The number of piperidine rings is 1. The number of fused-ring (bicyclic) bond motifs is 3. The molecule has 1 aliphatic heterocycles. The number of aromatic hydroxyl groups is 1. The highest BCUT2D eigenvalue weighted by Crippen LogP contribution is 2.31. The first kappa shape index (κ1) is 51.0. The normalized spacial score (nSPS) is 18.5. The number of amides is 2. The summed E-state index contributed by atoms with van der Waals surface area (Å²) in [6.45, 7) is 4.72. The van der Waals surface area contributed by atoms with Gasteiger partial charge in [-0.05, 0) is 140 Å². The van der Waals surface area contributed by atoms with Gasteiger partial charge in [0.1, 0.15) is 25.4 Å². The van der Waals surface area contributed by atoms with Gasteiger partial charge in [0.05, 0.1) is 12.2 Å². The van der Waals surface area contributed by atoms with E-state index in [0.717, 1.165) is 86.1 Å². The number of rotatable bonds is 10. The summed E-state index contributed by atoms with van der Waals surface area (Å²) in [4.78, 5) is 31.4. The number of hydrogen-bond donors (Lipinski definition) is 3. The summed E-state index contributed by atoms with van der Waals surface area (Å²) >= 11 is 0. The Bertz CT molecular complexity index is 2860. The number of ether oxygens (including phenoxy) is 4. The Balaban J connectivity index is 0.000000134. The molecule has 11 heteroatoms. The predicted octanol–water partition coefficient (Wildman–Crippen LogP) is 10.5. The Morgan fingerprint density at radius 3 is 1.57 bits per heavy atom. The van der Waals surface area contributed by atoms with Crippen molar-refractivity contribution in [2.75, 3.05) is 0 Å². The molecule has 0 bridgehead atoms. The smallest absolute Gasteiger partial charge is 0.257 e. The summed E-state index contributed by atoms with van der Waals surface area (Å²) in [5.41, 5.74) is 12.2. The Hall–Kier alpha value is -7.34. The van der Waals surface area contributed by atoms with Gasteiger partial charge < -0.3 is 29.2 Å². The second kappa shape index (κ2) is 25.7. The number of aliphatic hydroxyl groups is 1. The molecule has 72 heavy (non-hydrogen) atoms. The number of pyridine rings is 2. The number of benzene rings is 5. The van der Waals surface area contributed by atoms with Crippen LogP contribution in [0.15, 0.2) is 158 Å². The Kier molecular flexibility index (Phi) is 18.2. The Labute approximate surface area is 423 Å². The van der Waals surface area contributed by atoms with Crippen molar-refractivity contribution in [3.05, 3.63) is 214 Å². The van der Waals surface area contributed by atoms with Crippen LogP contribution in [0, 0.1) is 13.8 Å². The SMILES string of the molecule is Cc1ccc(O)c(OCc2ccccc2)n1.Cc1ccc(OC2CCc3ccccc3C2)c(OCc2ccccc2)n1.O=C1CCC(OC2CCc3ccccc3C2)C(=O)N1.OC1CCc2ccccc2C1. The molecule has 5 aromatic carbocycles. The van der Waals surface area contributed by atoms with Gasteiger partial charge in [0.25, 0.3) is 17.7 Å². The van der Waals surface area contributed by atoms with Gasteiger partial charge in [0.15, 0.2) is 11.5 Å². The highest BCUT2D eigenvalue weighted by Gasteiger charge is 2.31. The standard InChI is InChI=1S/C23H23NO2.C15H17NO3.C13H13NO2.C10H12O/c1-17-11-14-22(23(24-17)25-16-18-7-3-2-4-8-18)26-21-13-12-19-9-5-6-10-20(19)15-21;17-14-8-7-13(15(18)16-14)19-12-6-5-10-3-1-2-4-11(10)9-12;1-10-7-8-12(15)13(14-10)16-9-11-5-3-2-4-6-11;11-10-6-5-8-3-1-2-4-9(8)7-10/h2-11,14,21H,12-13,15-16H2,1H3;1-4,12-13H,5-9H2,(H,16,17,18);2-8,15H,9H2,1H3;1-4,10-11H,5-7H2. The first-order valence-electron chi connectivity index (χ1n) is 25.1. The molecule has 0 radical (unpaired) electrons. The van der Waals surface area contributed by atoms with E-state index in [1.54, 1.807) is 12.1 Å². The Morgan fingerprint density at radius 1 is 0.514 bits per heavy atom. The molecule has 3 N–H and O–H groups in total. The van der Waals surface area contributed by atoms with E-state index in [1.165, 1.54) is 33.4 Å². The molecule has 7 aromatic rings. The average molecular weight is 968 g/mol. The van der Waals surface area contributed by atoms with Gasteiger partial charge in [0.2, 0.25) is 5.91 Å². The zero-order valence-corrected chi connectivity index (χ0v) is 41.3. The second-order valence-electron chi connectivity index (χ2n) is 18.7. The first-order valence-corrected chi connectivity index (χ1v) is 25.1. The van der Waals surface area contributed by atoms with Crippen LogP contribution in [0.25, 0.3) is 0 Å². The van der Waals surface area contributed by atoms with E-state index in [-0.39, 0.29) is 41.8 Å².